The molecule has 2 heteroatoms. The van der Waals surface area contributed by atoms with E-state index in [9.17, 15) is 0 Å². The van der Waals surface area contributed by atoms with Gasteiger partial charge in [0.05, 0.1) is 0 Å². The Morgan fingerprint density at radius 3 is 0.905 bits per heavy atom. The summed E-state index contributed by atoms with van der Waals surface area (Å²) in [5.41, 5.74) is 0. The van der Waals surface area contributed by atoms with E-state index in [2.05, 4.69) is 31.4 Å². The molecule has 0 amide bonds. The highest BCUT2D eigenvalue weighted by Crippen LogP contribution is 2.15. The van der Waals surface area contributed by atoms with Crippen LogP contribution in [0.2, 0.25) is 0 Å². The van der Waals surface area contributed by atoms with Crippen LogP contribution >= 0.6 is 0 Å². The highest BCUT2D eigenvalue weighted by Gasteiger charge is 2.01. The molecular formula is C40H83N2. The van der Waals surface area contributed by atoms with Gasteiger partial charge in [0.2, 0.25) is 0 Å². The summed E-state index contributed by atoms with van der Waals surface area (Å²) >= 11 is 0. The first-order valence-corrected chi connectivity index (χ1v) is 20.1. The standard InChI is InChI=1S/C40H83N2/c1-4-6-8-10-12-14-16-18-20-22-24-26-28-30-32-34-37-41-39-36-40(3)42-38-35-33-31-29-27-25-23-21-19-17-15-13-11-9-7-5-2/h40-42H,3-39H2,1-2H3. The van der Waals surface area contributed by atoms with Gasteiger partial charge < -0.3 is 10.6 Å². The smallest absolute Gasteiger partial charge is 0.00797 e. The van der Waals surface area contributed by atoms with E-state index >= 15 is 0 Å². The van der Waals surface area contributed by atoms with E-state index in [1.165, 1.54) is 212 Å². The Hall–Kier alpha value is -0.0800. The van der Waals surface area contributed by atoms with Crippen LogP contribution in [0.4, 0.5) is 0 Å². The number of hydrogen-bond donors (Lipinski definition) is 2. The number of hydrogen-bond acceptors (Lipinski definition) is 2. The first kappa shape index (κ1) is 41.9. The minimum atomic E-state index is 0.402. The van der Waals surface area contributed by atoms with Crippen molar-refractivity contribution in [2.75, 3.05) is 19.6 Å². The Morgan fingerprint density at radius 2 is 0.595 bits per heavy atom. The molecule has 0 aromatic heterocycles. The van der Waals surface area contributed by atoms with Crippen LogP contribution in [0.5, 0.6) is 0 Å². The molecule has 1 atom stereocenters. The van der Waals surface area contributed by atoms with Gasteiger partial charge in [-0.15, -0.1) is 0 Å². The van der Waals surface area contributed by atoms with Gasteiger partial charge in [-0.3, -0.25) is 0 Å². The summed E-state index contributed by atoms with van der Waals surface area (Å²) in [5, 5.41) is 7.28. The second-order valence-corrected chi connectivity index (χ2v) is 13.8. The molecule has 42 heavy (non-hydrogen) atoms. The Morgan fingerprint density at radius 1 is 0.333 bits per heavy atom. The Balaban J connectivity index is 3.13. The van der Waals surface area contributed by atoms with Crippen molar-refractivity contribution in [2.45, 2.75) is 232 Å². The minimum absolute atomic E-state index is 0.402. The summed E-state index contributed by atoms with van der Waals surface area (Å²) in [4.78, 5) is 0. The Labute approximate surface area is 268 Å². The fourth-order valence-electron chi connectivity index (χ4n) is 6.28. The Kier molecular flexibility index (Phi) is 38.9. The Bertz CT molecular complexity index is 451. The van der Waals surface area contributed by atoms with E-state index in [-0.39, 0.29) is 0 Å². The van der Waals surface area contributed by atoms with Crippen LogP contribution in [-0.2, 0) is 0 Å². The van der Waals surface area contributed by atoms with Crippen molar-refractivity contribution in [1.29, 1.82) is 0 Å². The van der Waals surface area contributed by atoms with Crippen molar-refractivity contribution in [3.8, 4) is 0 Å². The van der Waals surface area contributed by atoms with Crippen molar-refractivity contribution in [1.82, 2.24) is 10.6 Å². The van der Waals surface area contributed by atoms with Crippen molar-refractivity contribution in [2.24, 2.45) is 0 Å². The summed E-state index contributed by atoms with van der Waals surface area (Å²) in [7, 11) is 0. The maximum atomic E-state index is 4.31. The van der Waals surface area contributed by atoms with E-state index in [1.807, 2.05) is 0 Å². The van der Waals surface area contributed by atoms with E-state index in [0.717, 1.165) is 19.5 Å². The summed E-state index contributed by atoms with van der Waals surface area (Å²) < 4.78 is 0. The molecule has 0 spiro atoms. The largest absolute Gasteiger partial charge is 0.317 e. The predicted molar refractivity (Wildman–Crippen MR) is 194 cm³/mol. The molecule has 0 heterocycles. The molecule has 0 aromatic rings. The number of unbranched alkanes of at least 4 members (excludes halogenated alkanes) is 30. The van der Waals surface area contributed by atoms with Gasteiger partial charge in [-0.2, -0.15) is 0 Å². The monoisotopic (exact) mass is 592 g/mol. The topological polar surface area (TPSA) is 24.1 Å². The molecule has 2 nitrogen and oxygen atoms in total. The fraction of sp³-hybridized carbons (Fsp3) is 0.975. The molecule has 0 rings (SSSR count). The van der Waals surface area contributed by atoms with Gasteiger partial charge in [0, 0.05) is 6.04 Å². The van der Waals surface area contributed by atoms with Crippen LogP contribution in [0.25, 0.3) is 0 Å². The second-order valence-electron chi connectivity index (χ2n) is 13.8. The second kappa shape index (κ2) is 38.9. The highest BCUT2D eigenvalue weighted by atomic mass is 14.9. The molecule has 0 saturated carbocycles. The van der Waals surface area contributed by atoms with E-state index in [4.69, 9.17) is 0 Å². The quantitative estimate of drug-likeness (QED) is 0.0698. The molecule has 1 radical (unpaired) electrons. The van der Waals surface area contributed by atoms with Crippen LogP contribution < -0.4 is 10.6 Å². The van der Waals surface area contributed by atoms with Gasteiger partial charge in [-0.1, -0.05) is 206 Å². The molecule has 0 aliphatic heterocycles. The molecule has 0 aromatic carbocycles. The van der Waals surface area contributed by atoms with Gasteiger partial charge in [0.15, 0.2) is 0 Å². The first-order chi connectivity index (χ1) is 20.8. The van der Waals surface area contributed by atoms with Crippen molar-refractivity contribution < 1.29 is 0 Å². The van der Waals surface area contributed by atoms with Gasteiger partial charge in [-0.25, -0.2) is 0 Å². The van der Waals surface area contributed by atoms with Crippen LogP contribution in [0.15, 0.2) is 0 Å². The minimum Gasteiger partial charge on any atom is -0.317 e. The third-order valence-electron chi connectivity index (χ3n) is 9.34. The van der Waals surface area contributed by atoms with Crippen molar-refractivity contribution in [3.63, 3.8) is 0 Å². The predicted octanol–water partition coefficient (Wildman–Crippen LogP) is 13.3. The van der Waals surface area contributed by atoms with Gasteiger partial charge in [-0.05, 0) is 45.8 Å². The van der Waals surface area contributed by atoms with E-state index in [0.29, 0.717) is 6.04 Å². The van der Waals surface area contributed by atoms with Crippen LogP contribution in [-0.4, -0.2) is 25.7 Å². The lowest BCUT2D eigenvalue weighted by Crippen LogP contribution is -2.31. The van der Waals surface area contributed by atoms with Crippen molar-refractivity contribution in [3.05, 3.63) is 6.92 Å². The van der Waals surface area contributed by atoms with Crippen molar-refractivity contribution >= 4 is 0 Å². The number of nitrogens with one attached hydrogen (secondary N) is 2. The summed E-state index contributed by atoms with van der Waals surface area (Å²) in [6.07, 6.45) is 47.3. The SMILES string of the molecule is [CH2]C(CCNCCCCCCCCCCCCCCCCCC)NCCCCCCCCCCCCCCCCCC. The fourth-order valence-corrected chi connectivity index (χ4v) is 6.28. The first-order valence-electron chi connectivity index (χ1n) is 20.1. The van der Waals surface area contributed by atoms with E-state index in [1.54, 1.807) is 0 Å². The van der Waals surface area contributed by atoms with Gasteiger partial charge in [0.1, 0.15) is 0 Å². The summed E-state index contributed by atoms with van der Waals surface area (Å²) in [5.74, 6) is 0. The van der Waals surface area contributed by atoms with E-state index < -0.39 is 0 Å². The van der Waals surface area contributed by atoms with Crippen LogP contribution in [0.1, 0.15) is 226 Å². The molecule has 2 N–H and O–H groups in total. The molecule has 0 fully saturated rings. The molecule has 1 unspecified atom stereocenters. The molecule has 0 aliphatic carbocycles. The highest BCUT2D eigenvalue weighted by molar-refractivity contribution is 4.70. The maximum Gasteiger partial charge on any atom is 0.00797 e. The molecule has 0 saturated heterocycles. The number of rotatable bonds is 38. The lowest BCUT2D eigenvalue weighted by Gasteiger charge is -2.14. The third-order valence-corrected chi connectivity index (χ3v) is 9.34. The average molecular weight is 592 g/mol. The lowest BCUT2D eigenvalue weighted by molar-refractivity contribution is 0.490. The van der Waals surface area contributed by atoms with Gasteiger partial charge in [0.25, 0.3) is 0 Å². The normalized spacial score (nSPS) is 12.4. The summed E-state index contributed by atoms with van der Waals surface area (Å²) in [6, 6.07) is 0.402. The summed E-state index contributed by atoms with van der Waals surface area (Å²) in [6.45, 7) is 12.4. The molecule has 0 bridgehead atoms. The molecule has 253 valence electrons. The zero-order chi connectivity index (χ0) is 30.4. The van der Waals surface area contributed by atoms with Gasteiger partial charge >= 0.3 is 0 Å². The molecular weight excluding hydrogens is 508 g/mol. The zero-order valence-electron chi connectivity index (χ0n) is 29.7. The molecule has 0 aliphatic rings. The third kappa shape index (κ3) is 37.9. The van der Waals surface area contributed by atoms with Crippen LogP contribution in [0.3, 0.4) is 0 Å². The average Bonchev–Trinajstić information content (AvgIpc) is 3.00. The van der Waals surface area contributed by atoms with Crippen LogP contribution in [0, 0.1) is 6.92 Å². The zero-order valence-corrected chi connectivity index (χ0v) is 29.7. The maximum absolute atomic E-state index is 4.31. The lowest BCUT2D eigenvalue weighted by atomic mass is 10.0.